The highest BCUT2D eigenvalue weighted by Crippen LogP contribution is 2.32. The molecule has 0 spiro atoms. The number of nitriles is 2. The lowest BCUT2D eigenvalue weighted by atomic mass is 9.97. The van der Waals surface area contributed by atoms with E-state index in [1.807, 2.05) is 6.07 Å². The van der Waals surface area contributed by atoms with E-state index in [1.165, 1.54) is 18.7 Å². The van der Waals surface area contributed by atoms with Crippen LogP contribution in [-0.4, -0.2) is 27.7 Å². The Morgan fingerprint density at radius 1 is 1.14 bits per heavy atom. The summed E-state index contributed by atoms with van der Waals surface area (Å²) in [6.07, 6.45) is 0. The van der Waals surface area contributed by atoms with E-state index >= 15 is 0 Å². The van der Waals surface area contributed by atoms with Crippen LogP contribution in [0.1, 0.15) is 5.56 Å². The van der Waals surface area contributed by atoms with Gasteiger partial charge in [-0.1, -0.05) is 12.1 Å². The summed E-state index contributed by atoms with van der Waals surface area (Å²) in [5, 5.41) is 18.6. The molecule has 2 heterocycles. The van der Waals surface area contributed by atoms with Crippen molar-refractivity contribution in [2.45, 2.75) is 0 Å². The van der Waals surface area contributed by atoms with Crippen molar-refractivity contribution in [3.8, 4) is 23.3 Å². The number of pyridine rings is 1. The van der Waals surface area contributed by atoms with Gasteiger partial charge in [-0.25, -0.2) is 9.78 Å². The van der Waals surface area contributed by atoms with E-state index in [-0.39, 0.29) is 29.0 Å². The number of anilines is 2. The van der Waals surface area contributed by atoms with Gasteiger partial charge in [-0.3, -0.25) is 13.9 Å². The third kappa shape index (κ3) is 2.75. The van der Waals surface area contributed by atoms with Gasteiger partial charge in [-0.2, -0.15) is 10.5 Å². The zero-order chi connectivity index (χ0) is 20.6. The number of nitrogens with zero attached hydrogens (tertiary/aromatic N) is 6. The van der Waals surface area contributed by atoms with Crippen LogP contribution in [0.3, 0.4) is 0 Å². The van der Waals surface area contributed by atoms with Crippen LogP contribution < -0.4 is 21.9 Å². The molecule has 2 aromatic heterocycles. The first-order valence-corrected chi connectivity index (χ1v) is 8.29. The molecule has 0 aliphatic carbocycles. The lowest BCUT2D eigenvalue weighted by Gasteiger charge is -2.17. The molecule has 0 bridgehead atoms. The molecule has 2 N–H and O–H groups in total. The molecule has 28 heavy (non-hydrogen) atoms. The Hall–Kier alpha value is -4.11. The maximum absolute atomic E-state index is 12.9. The minimum absolute atomic E-state index is 0.0565. The Bertz CT molecular complexity index is 1290. The molecule has 0 saturated heterocycles. The minimum Gasteiger partial charge on any atom is -0.383 e. The fraction of sp³-hybridized carbons (Fsp3) is 0.211. The maximum Gasteiger partial charge on any atom is 0.332 e. The van der Waals surface area contributed by atoms with Gasteiger partial charge in [-0.05, 0) is 17.7 Å². The number of nitrogens with two attached hydrogens (primary N) is 1. The molecule has 0 aliphatic rings. The highest BCUT2D eigenvalue weighted by molar-refractivity contribution is 5.98. The molecule has 3 aromatic rings. The van der Waals surface area contributed by atoms with E-state index < -0.39 is 11.2 Å². The number of nitrogen functional groups attached to an aromatic ring is 1. The van der Waals surface area contributed by atoms with Gasteiger partial charge in [0, 0.05) is 32.4 Å². The van der Waals surface area contributed by atoms with E-state index in [0.29, 0.717) is 11.1 Å². The van der Waals surface area contributed by atoms with Crippen LogP contribution in [0.15, 0.2) is 33.9 Å². The van der Waals surface area contributed by atoms with Crippen LogP contribution in [-0.2, 0) is 14.1 Å². The van der Waals surface area contributed by atoms with Crippen molar-refractivity contribution in [1.82, 2.24) is 14.1 Å². The Balaban J connectivity index is 2.41. The zero-order valence-corrected chi connectivity index (χ0v) is 15.6. The molecule has 0 aliphatic heterocycles. The van der Waals surface area contributed by atoms with Crippen molar-refractivity contribution in [1.29, 1.82) is 10.5 Å². The number of aryl methyl sites for hydroxylation is 1. The molecule has 9 nitrogen and oxygen atoms in total. The largest absolute Gasteiger partial charge is 0.383 e. The topological polar surface area (TPSA) is 134 Å². The number of aromatic nitrogens is 3. The van der Waals surface area contributed by atoms with Crippen molar-refractivity contribution < 1.29 is 0 Å². The highest BCUT2D eigenvalue weighted by Gasteiger charge is 2.21. The van der Waals surface area contributed by atoms with Crippen molar-refractivity contribution >= 4 is 22.5 Å². The summed E-state index contributed by atoms with van der Waals surface area (Å²) < 4.78 is 2.20. The summed E-state index contributed by atoms with van der Waals surface area (Å²) in [5.74, 6) is -0.0565. The second kappa shape index (κ2) is 6.89. The lowest BCUT2D eigenvalue weighted by Crippen LogP contribution is -2.37. The molecule has 9 heteroatoms. The monoisotopic (exact) mass is 375 g/mol. The summed E-state index contributed by atoms with van der Waals surface area (Å²) in [4.78, 5) is 31.0. The number of benzene rings is 1. The van der Waals surface area contributed by atoms with Crippen LogP contribution in [0.5, 0.6) is 0 Å². The van der Waals surface area contributed by atoms with E-state index in [1.54, 1.807) is 36.2 Å². The molecule has 0 saturated carbocycles. The van der Waals surface area contributed by atoms with Crippen molar-refractivity contribution in [2.24, 2.45) is 14.1 Å². The van der Waals surface area contributed by atoms with Gasteiger partial charge in [0.1, 0.15) is 24.0 Å². The first-order valence-electron chi connectivity index (χ1n) is 8.29. The normalized spacial score (nSPS) is 10.5. The Morgan fingerprint density at radius 3 is 2.36 bits per heavy atom. The van der Waals surface area contributed by atoms with Crippen LogP contribution >= 0.6 is 0 Å². The Morgan fingerprint density at radius 2 is 1.79 bits per heavy atom. The van der Waals surface area contributed by atoms with Gasteiger partial charge in [0.25, 0.3) is 5.56 Å². The molecule has 1 aromatic carbocycles. The third-order valence-corrected chi connectivity index (χ3v) is 4.63. The zero-order valence-electron chi connectivity index (χ0n) is 15.6. The first-order chi connectivity index (χ1) is 13.3. The molecule has 0 amide bonds. The predicted octanol–water partition coefficient (Wildman–Crippen LogP) is 0.713. The predicted molar refractivity (Wildman–Crippen MR) is 106 cm³/mol. The summed E-state index contributed by atoms with van der Waals surface area (Å²) >= 11 is 0. The summed E-state index contributed by atoms with van der Waals surface area (Å²) in [6.45, 7) is 0.219. The number of rotatable bonds is 3. The second-order valence-corrected chi connectivity index (χ2v) is 6.32. The van der Waals surface area contributed by atoms with E-state index in [9.17, 15) is 14.9 Å². The van der Waals surface area contributed by atoms with Gasteiger partial charge >= 0.3 is 5.69 Å². The lowest BCUT2D eigenvalue weighted by molar-refractivity contribution is 0.708. The van der Waals surface area contributed by atoms with Gasteiger partial charge < -0.3 is 10.6 Å². The quantitative estimate of drug-likeness (QED) is 0.666. The average Bonchev–Trinajstić information content (AvgIpc) is 2.70. The molecule has 140 valence electrons. The first kappa shape index (κ1) is 18.7. The fourth-order valence-corrected chi connectivity index (χ4v) is 3.09. The fourth-order valence-electron chi connectivity index (χ4n) is 3.09. The van der Waals surface area contributed by atoms with Crippen LogP contribution in [0, 0.1) is 22.7 Å². The molecular weight excluding hydrogens is 358 g/mol. The van der Waals surface area contributed by atoms with Gasteiger partial charge in [0.2, 0.25) is 0 Å². The molecule has 3 rings (SSSR count). The highest BCUT2D eigenvalue weighted by atomic mass is 16.2. The van der Waals surface area contributed by atoms with Crippen LogP contribution in [0.4, 0.5) is 11.5 Å². The van der Waals surface area contributed by atoms with E-state index in [2.05, 4.69) is 11.1 Å². The summed E-state index contributed by atoms with van der Waals surface area (Å²) in [6, 6.07) is 11.1. The second-order valence-electron chi connectivity index (χ2n) is 6.32. The Kier molecular flexibility index (Phi) is 4.60. The number of hydrogen-bond acceptors (Lipinski definition) is 7. The van der Waals surface area contributed by atoms with Crippen molar-refractivity contribution in [2.75, 3.05) is 24.2 Å². The van der Waals surface area contributed by atoms with E-state index in [0.717, 1.165) is 10.3 Å². The smallest absolute Gasteiger partial charge is 0.332 e. The standard InChI is InChI=1S/C19H17N7O2/c1-24(9-8-20)12-6-4-11(5-7-12)14-13(10-21)16(22)23-17-15(14)18(27)26(3)19(28)25(17)2/h4-7H,9H2,1-3H3,(H2,22,23). The molecule has 0 radical (unpaired) electrons. The number of hydrogen-bond donors (Lipinski definition) is 1. The van der Waals surface area contributed by atoms with Gasteiger partial charge in [0.15, 0.2) is 5.65 Å². The molecule has 0 unspecified atom stereocenters. The Labute approximate surface area is 160 Å². The van der Waals surface area contributed by atoms with E-state index in [4.69, 9.17) is 11.0 Å². The molecule has 0 atom stereocenters. The molecule has 0 fully saturated rings. The summed E-state index contributed by atoms with van der Waals surface area (Å²) in [5.41, 5.74) is 6.77. The van der Waals surface area contributed by atoms with Crippen LogP contribution in [0.25, 0.3) is 22.2 Å². The third-order valence-electron chi connectivity index (χ3n) is 4.63. The van der Waals surface area contributed by atoms with Crippen molar-refractivity contribution in [3.05, 3.63) is 50.7 Å². The maximum atomic E-state index is 12.9. The minimum atomic E-state index is -0.553. The summed E-state index contributed by atoms with van der Waals surface area (Å²) in [7, 11) is 4.65. The van der Waals surface area contributed by atoms with Gasteiger partial charge in [0.05, 0.1) is 11.5 Å². The van der Waals surface area contributed by atoms with Crippen LogP contribution in [0.2, 0.25) is 0 Å². The molecular formula is C19H17N7O2. The number of fused-ring (bicyclic) bond motifs is 1. The van der Waals surface area contributed by atoms with Crippen molar-refractivity contribution in [3.63, 3.8) is 0 Å². The van der Waals surface area contributed by atoms with Gasteiger partial charge in [-0.15, -0.1) is 0 Å². The average molecular weight is 375 g/mol. The SMILES string of the molecule is CN(CC#N)c1ccc(-c2c(C#N)c(N)nc3c2c(=O)n(C)c(=O)n3C)cc1.